The molecule has 0 N–H and O–H groups in total. The molecule has 4 heterocycles. The molecule has 5 rings (SSSR count). The zero-order chi connectivity index (χ0) is 25.6. The number of hydrogen-bond acceptors (Lipinski definition) is 10. The Morgan fingerprint density at radius 1 is 1.25 bits per heavy atom. The molecule has 1 aliphatic rings. The molecule has 3 aromatic heterocycles. The van der Waals surface area contributed by atoms with Crippen LogP contribution in [0, 0.1) is 5.82 Å². The normalized spacial score (nSPS) is 16.7. The van der Waals surface area contributed by atoms with Gasteiger partial charge in [-0.3, -0.25) is 14.2 Å². The molecule has 2 atom stereocenters. The number of aryl methyl sites for hydroxylation is 1. The van der Waals surface area contributed by atoms with Crippen molar-refractivity contribution in [3.05, 3.63) is 63.4 Å². The van der Waals surface area contributed by atoms with Crippen molar-refractivity contribution in [2.75, 3.05) is 6.61 Å². The van der Waals surface area contributed by atoms with Gasteiger partial charge in [0.25, 0.3) is 5.56 Å². The highest BCUT2D eigenvalue weighted by atomic mass is 35.5. The van der Waals surface area contributed by atoms with E-state index >= 15 is 4.39 Å². The monoisotopic (exact) mass is 513 g/mol. The maximum absolute atomic E-state index is 15.2. The highest BCUT2D eigenvalue weighted by Gasteiger charge is 2.37. The molecule has 0 amide bonds. The predicted octanol–water partition coefficient (Wildman–Crippen LogP) is 1.28. The van der Waals surface area contributed by atoms with E-state index in [1.54, 1.807) is 6.92 Å². The lowest BCUT2D eigenvalue weighted by molar-refractivity contribution is -0.146. The number of aromatic nitrogens is 9. The number of carbonyl (C=O) groups excluding carboxylic acids is 2. The number of benzene rings is 1. The molecule has 2 unspecified atom stereocenters. The summed E-state index contributed by atoms with van der Waals surface area (Å²) in [6, 6.07) is 2.96. The average Bonchev–Trinajstić information content (AvgIpc) is 3.60. The summed E-state index contributed by atoms with van der Waals surface area (Å²) in [7, 11) is 1.54. The number of carbonyl (C=O) groups is 2. The molecular weight excluding hydrogens is 497 g/mol. The fourth-order valence-corrected chi connectivity index (χ4v) is 4.30. The summed E-state index contributed by atoms with van der Waals surface area (Å²) in [5.74, 6) is -2.13. The Labute approximate surface area is 206 Å². The number of Topliss-reactive ketones (excluding diaryl/α,β-unsaturated/α-hetero) is 1. The van der Waals surface area contributed by atoms with Crippen LogP contribution in [0.1, 0.15) is 41.6 Å². The maximum Gasteiger partial charge on any atom is 0.329 e. The fraction of sp³-hybridized carbons (Fsp3) is 0.286. The van der Waals surface area contributed by atoms with Gasteiger partial charge in [-0.1, -0.05) is 23.7 Å². The molecule has 0 radical (unpaired) electrons. The minimum atomic E-state index is -0.996. The van der Waals surface area contributed by atoms with Crippen LogP contribution in [0.2, 0.25) is 5.02 Å². The molecule has 4 aromatic rings. The van der Waals surface area contributed by atoms with Gasteiger partial charge >= 0.3 is 5.97 Å². The van der Waals surface area contributed by atoms with E-state index < -0.39 is 35.8 Å². The summed E-state index contributed by atoms with van der Waals surface area (Å²) in [5.41, 5.74) is -0.247. The summed E-state index contributed by atoms with van der Waals surface area (Å²) < 4.78 is 24.0. The number of esters is 1. The SMILES string of the molecule is CC1CC(C(=O)OCC(=O)c2cnnn2C)n2c1nc(-c1c(-n3cnnn3)ccc(Cl)c1F)cc2=O. The molecule has 13 nitrogen and oxygen atoms in total. The van der Waals surface area contributed by atoms with E-state index in [2.05, 4.69) is 30.8 Å². The van der Waals surface area contributed by atoms with Crippen molar-refractivity contribution in [1.82, 2.24) is 44.8 Å². The second-order valence-corrected chi connectivity index (χ2v) is 8.55. The zero-order valence-corrected chi connectivity index (χ0v) is 19.6. The first kappa shape index (κ1) is 23.4. The van der Waals surface area contributed by atoms with Crippen LogP contribution in [0.5, 0.6) is 0 Å². The topological polar surface area (TPSA) is 153 Å². The van der Waals surface area contributed by atoms with Crippen LogP contribution >= 0.6 is 11.6 Å². The first-order chi connectivity index (χ1) is 17.3. The summed E-state index contributed by atoms with van der Waals surface area (Å²) in [5, 5.41) is 18.0. The Hall–Kier alpha value is -4.33. The van der Waals surface area contributed by atoms with Crippen molar-refractivity contribution < 1.29 is 18.7 Å². The Morgan fingerprint density at radius 2 is 2.06 bits per heavy atom. The molecular formula is C21H17ClFN9O4. The van der Waals surface area contributed by atoms with Crippen LogP contribution in [-0.4, -0.2) is 63.1 Å². The van der Waals surface area contributed by atoms with Gasteiger partial charge in [0, 0.05) is 19.0 Å². The first-order valence-electron chi connectivity index (χ1n) is 10.7. The second kappa shape index (κ2) is 9.03. The number of halogens is 2. The Bertz CT molecular complexity index is 1550. The smallest absolute Gasteiger partial charge is 0.329 e. The van der Waals surface area contributed by atoms with E-state index in [4.69, 9.17) is 16.3 Å². The van der Waals surface area contributed by atoms with Crippen LogP contribution in [-0.2, 0) is 16.6 Å². The molecule has 184 valence electrons. The van der Waals surface area contributed by atoms with E-state index in [9.17, 15) is 14.4 Å². The van der Waals surface area contributed by atoms with Crippen molar-refractivity contribution in [2.45, 2.75) is 25.3 Å². The molecule has 0 bridgehead atoms. The standard InChI is InChI=1S/C21H17ClFN9O4/c1-10-5-14(21(35)36-8-16(33)15-7-24-28-30(15)2)32-17(34)6-12(26-20(10)32)18-13(31-9-25-27-29-31)4-3-11(22)19(18)23/h3-4,6-7,9-10,14H,5,8H2,1-2H3. The molecule has 0 spiro atoms. The van der Waals surface area contributed by atoms with Crippen molar-refractivity contribution >= 4 is 23.4 Å². The van der Waals surface area contributed by atoms with Crippen molar-refractivity contribution in [2.24, 2.45) is 7.05 Å². The van der Waals surface area contributed by atoms with Crippen LogP contribution in [0.25, 0.3) is 16.9 Å². The molecule has 1 aliphatic heterocycles. The fourth-order valence-electron chi connectivity index (χ4n) is 4.14. The Kier molecular flexibility index (Phi) is 5.88. The van der Waals surface area contributed by atoms with Crippen LogP contribution in [0.4, 0.5) is 4.39 Å². The van der Waals surface area contributed by atoms with Crippen LogP contribution < -0.4 is 5.56 Å². The van der Waals surface area contributed by atoms with Gasteiger partial charge in [-0.05, 0) is 29.0 Å². The molecule has 0 saturated heterocycles. The van der Waals surface area contributed by atoms with Gasteiger partial charge in [-0.2, -0.15) is 4.68 Å². The van der Waals surface area contributed by atoms with Gasteiger partial charge in [0.2, 0.25) is 5.78 Å². The lowest BCUT2D eigenvalue weighted by Gasteiger charge is -2.15. The molecule has 1 aromatic carbocycles. The highest BCUT2D eigenvalue weighted by molar-refractivity contribution is 6.31. The molecule has 0 fully saturated rings. The summed E-state index contributed by atoms with van der Waals surface area (Å²) >= 11 is 6.01. The number of hydrogen-bond donors (Lipinski definition) is 0. The third kappa shape index (κ3) is 3.94. The summed E-state index contributed by atoms with van der Waals surface area (Å²) in [6.45, 7) is 1.24. The van der Waals surface area contributed by atoms with Crippen molar-refractivity contribution in [1.29, 1.82) is 0 Å². The van der Waals surface area contributed by atoms with Gasteiger partial charge in [0.1, 0.15) is 23.9 Å². The lowest BCUT2D eigenvalue weighted by atomic mass is 10.1. The molecule has 15 heteroatoms. The minimum absolute atomic E-state index is 0.0107. The third-order valence-electron chi connectivity index (χ3n) is 5.85. The van der Waals surface area contributed by atoms with Crippen molar-refractivity contribution in [3.63, 3.8) is 0 Å². The average molecular weight is 514 g/mol. The largest absolute Gasteiger partial charge is 0.456 e. The van der Waals surface area contributed by atoms with Crippen LogP contribution in [0.3, 0.4) is 0 Å². The Morgan fingerprint density at radius 3 is 2.75 bits per heavy atom. The van der Waals surface area contributed by atoms with Crippen LogP contribution in [0.15, 0.2) is 35.5 Å². The predicted molar refractivity (Wildman–Crippen MR) is 120 cm³/mol. The number of nitrogens with zero attached hydrogens (tertiary/aromatic N) is 9. The Balaban J connectivity index is 1.48. The number of rotatable bonds is 6. The molecule has 0 saturated carbocycles. The summed E-state index contributed by atoms with van der Waals surface area (Å²) in [4.78, 5) is 42.8. The van der Waals surface area contributed by atoms with E-state index in [1.807, 2.05) is 0 Å². The lowest BCUT2D eigenvalue weighted by Crippen LogP contribution is -2.30. The maximum atomic E-state index is 15.2. The van der Waals surface area contributed by atoms with Gasteiger partial charge in [0.15, 0.2) is 12.4 Å². The third-order valence-corrected chi connectivity index (χ3v) is 6.14. The van der Waals surface area contributed by atoms with Gasteiger partial charge in [-0.25, -0.2) is 18.9 Å². The highest BCUT2D eigenvalue weighted by Crippen LogP contribution is 2.37. The van der Waals surface area contributed by atoms with E-state index in [0.717, 1.165) is 6.07 Å². The summed E-state index contributed by atoms with van der Waals surface area (Å²) in [6.07, 6.45) is 2.74. The van der Waals surface area contributed by atoms with Gasteiger partial charge in [-0.15, -0.1) is 10.2 Å². The number of fused-ring (bicyclic) bond motifs is 1. The van der Waals surface area contributed by atoms with Gasteiger partial charge < -0.3 is 4.74 Å². The zero-order valence-electron chi connectivity index (χ0n) is 18.9. The van der Waals surface area contributed by atoms with E-state index in [0.29, 0.717) is 0 Å². The second-order valence-electron chi connectivity index (χ2n) is 8.14. The van der Waals surface area contributed by atoms with E-state index in [1.165, 1.54) is 45.6 Å². The molecule has 36 heavy (non-hydrogen) atoms. The first-order valence-corrected chi connectivity index (χ1v) is 11.0. The quantitative estimate of drug-likeness (QED) is 0.272. The number of ether oxygens (including phenoxy) is 1. The number of ketones is 1. The van der Waals surface area contributed by atoms with Gasteiger partial charge in [0.05, 0.1) is 28.2 Å². The van der Waals surface area contributed by atoms with E-state index in [-0.39, 0.29) is 45.8 Å². The van der Waals surface area contributed by atoms with Crippen molar-refractivity contribution in [3.8, 4) is 16.9 Å². The minimum Gasteiger partial charge on any atom is -0.456 e. The number of tetrazole rings is 1. The molecule has 0 aliphatic carbocycles.